The Bertz CT molecular complexity index is 505. The third-order valence-electron chi connectivity index (χ3n) is 6.20. The normalized spacial score (nSPS) is 37.0. The molecule has 4 bridgehead atoms. The maximum Gasteiger partial charge on any atom is 0.0941 e. The summed E-state index contributed by atoms with van der Waals surface area (Å²) in [6.45, 7) is 7.86. The van der Waals surface area contributed by atoms with Crippen LogP contribution < -0.4 is 5.32 Å². The van der Waals surface area contributed by atoms with E-state index in [-0.39, 0.29) is 5.41 Å². The molecule has 0 unspecified atom stereocenters. The van der Waals surface area contributed by atoms with Gasteiger partial charge in [-0.05, 0) is 56.3 Å². The molecule has 2 nitrogen and oxygen atoms in total. The minimum atomic E-state index is 0.183. The number of nitrogens with zero attached hydrogens (tertiary/aromatic N) is 1. The van der Waals surface area contributed by atoms with Gasteiger partial charge in [0.05, 0.1) is 10.7 Å². The van der Waals surface area contributed by atoms with Crippen molar-refractivity contribution in [3.05, 3.63) is 16.1 Å². The molecule has 0 saturated heterocycles. The van der Waals surface area contributed by atoms with E-state index in [0.717, 1.165) is 30.7 Å². The molecule has 0 atom stereocenters. The first-order chi connectivity index (χ1) is 10.4. The lowest BCUT2D eigenvalue weighted by molar-refractivity contribution is -0.0192. The third-order valence-corrected chi connectivity index (χ3v) is 7.11. The fourth-order valence-corrected chi connectivity index (χ4v) is 6.56. The second kappa shape index (κ2) is 5.31. The van der Waals surface area contributed by atoms with Crippen LogP contribution in [-0.4, -0.2) is 17.1 Å². The average Bonchev–Trinajstić information content (AvgIpc) is 2.85. The van der Waals surface area contributed by atoms with Gasteiger partial charge in [0.1, 0.15) is 0 Å². The summed E-state index contributed by atoms with van der Waals surface area (Å²) in [5, 5.41) is 7.55. The molecular formula is C19H30N2S. The first kappa shape index (κ1) is 15.1. The molecular weight excluding hydrogens is 288 g/mol. The molecule has 4 fully saturated rings. The molecule has 0 amide bonds. The van der Waals surface area contributed by atoms with Crippen molar-refractivity contribution in [2.24, 2.45) is 17.8 Å². The van der Waals surface area contributed by atoms with Crippen LogP contribution in [0.1, 0.15) is 70.0 Å². The SMILES string of the molecule is CC(C)(C)c1csc(CCNC23CC4CC(CC(C4)C2)C3)n1. The largest absolute Gasteiger partial charge is 0.311 e. The standard InChI is InChI=1S/C19H30N2S/c1-18(2,3)16-12-22-17(21-16)4-5-20-19-9-13-6-14(10-19)8-15(7-13)11-19/h12-15,20H,4-11H2,1-3H3. The zero-order valence-corrected chi connectivity index (χ0v) is 15.1. The van der Waals surface area contributed by atoms with E-state index in [1.54, 1.807) is 0 Å². The lowest BCUT2D eigenvalue weighted by Gasteiger charge is -2.57. The molecule has 1 aromatic rings. The van der Waals surface area contributed by atoms with Crippen molar-refractivity contribution in [3.8, 4) is 0 Å². The molecule has 0 aliphatic heterocycles. The Morgan fingerprint density at radius 3 is 2.23 bits per heavy atom. The molecule has 1 N–H and O–H groups in total. The molecule has 22 heavy (non-hydrogen) atoms. The number of hydrogen-bond donors (Lipinski definition) is 1. The minimum Gasteiger partial charge on any atom is -0.311 e. The molecule has 4 saturated carbocycles. The molecule has 0 aromatic carbocycles. The van der Waals surface area contributed by atoms with Crippen LogP contribution in [0, 0.1) is 17.8 Å². The van der Waals surface area contributed by atoms with Gasteiger partial charge in [0.2, 0.25) is 0 Å². The molecule has 4 aliphatic rings. The van der Waals surface area contributed by atoms with Gasteiger partial charge in [0.25, 0.3) is 0 Å². The average molecular weight is 319 g/mol. The highest BCUT2D eigenvalue weighted by Gasteiger charge is 2.50. The third kappa shape index (κ3) is 2.87. The van der Waals surface area contributed by atoms with E-state index in [9.17, 15) is 0 Å². The van der Waals surface area contributed by atoms with Gasteiger partial charge in [-0.15, -0.1) is 11.3 Å². The summed E-state index contributed by atoms with van der Waals surface area (Å²) in [4.78, 5) is 4.84. The Hall–Kier alpha value is -0.410. The smallest absolute Gasteiger partial charge is 0.0941 e. The topological polar surface area (TPSA) is 24.9 Å². The Labute approximate surface area is 139 Å². The van der Waals surface area contributed by atoms with Crippen molar-refractivity contribution in [2.45, 2.75) is 76.7 Å². The highest BCUT2D eigenvalue weighted by atomic mass is 32.1. The Morgan fingerprint density at radius 2 is 1.73 bits per heavy atom. The first-order valence-electron chi connectivity index (χ1n) is 9.12. The summed E-state index contributed by atoms with van der Waals surface area (Å²) in [7, 11) is 0. The van der Waals surface area contributed by atoms with Crippen LogP contribution in [0.25, 0.3) is 0 Å². The Balaban J connectivity index is 1.34. The van der Waals surface area contributed by atoms with E-state index >= 15 is 0 Å². The monoisotopic (exact) mass is 318 g/mol. The Kier molecular flexibility index (Phi) is 3.65. The predicted octanol–water partition coefficient (Wildman–Crippen LogP) is 4.54. The van der Waals surface area contributed by atoms with Gasteiger partial charge in [-0.3, -0.25) is 0 Å². The van der Waals surface area contributed by atoms with Gasteiger partial charge < -0.3 is 5.32 Å². The number of hydrogen-bond acceptors (Lipinski definition) is 3. The van der Waals surface area contributed by atoms with Crippen molar-refractivity contribution in [1.82, 2.24) is 10.3 Å². The molecule has 0 spiro atoms. The molecule has 1 heterocycles. The highest BCUT2D eigenvalue weighted by molar-refractivity contribution is 7.09. The van der Waals surface area contributed by atoms with E-state index in [1.165, 1.54) is 49.2 Å². The van der Waals surface area contributed by atoms with Crippen LogP contribution in [0.5, 0.6) is 0 Å². The Morgan fingerprint density at radius 1 is 1.14 bits per heavy atom. The van der Waals surface area contributed by atoms with E-state index < -0.39 is 0 Å². The summed E-state index contributed by atoms with van der Waals surface area (Å²) >= 11 is 1.84. The zero-order chi connectivity index (χ0) is 15.4. The second-order valence-corrected chi connectivity index (χ2v) is 10.2. The van der Waals surface area contributed by atoms with Crippen LogP contribution in [0.3, 0.4) is 0 Å². The highest BCUT2D eigenvalue weighted by Crippen LogP contribution is 2.55. The van der Waals surface area contributed by atoms with Crippen LogP contribution in [0.15, 0.2) is 5.38 Å². The van der Waals surface area contributed by atoms with Gasteiger partial charge >= 0.3 is 0 Å². The summed E-state index contributed by atoms with van der Waals surface area (Å²) in [6.07, 6.45) is 10.0. The van der Waals surface area contributed by atoms with Crippen molar-refractivity contribution in [3.63, 3.8) is 0 Å². The molecule has 122 valence electrons. The quantitative estimate of drug-likeness (QED) is 0.881. The maximum atomic E-state index is 4.84. The molecule has 5 rings (SSSR count). The van der Waals surface area contributed by atoms with E-state index in [0.29, 0.717) is 5.54 Å². The number of nitrogens with one attached hydrogen (secondary N) is 1. The van der Waals surface area contributed by atoms with Crippen LogP contribution >= 0.6 is 11.3 Å². The van der Waals surface area contributed by atoms with E-state index in [2.05, 4.69) is 31.5 Å². The van der Waals surface area contributed by atoms with Gasteiger partial charge in [-0.2, -0.15) is 0 Å². The van der Waals surface area contributed by atoms with Crippen molar-refractivity contribution in [1.29, 1.82) is 0 Å². The summed E-state index contributed by atoms with van der Waals surface area (Å²) in [5.41, 5.74) is 1.93. The summed E-state index contributed by atoms with van der Waals surface area (Å²) < 4.78 is 0. The van der Waals surface area contributed by atoms with Crippen molar-refractivity contribution in [2.75, 3.05) is 6.54 Å². The van der Waals surface area contributed by atoms with E-state index in [1.807, 2.05) is 11.3 Å². The maximum absolute atomic E-state index is 4.84. The van der Waals surface area contributed by atoms with Gasteiger partial charge in [-0.25, -0.2) is 4.98 Å². The fraction of sp³-hybridized carbons (Fsp3) is 0.842. The fourth-order valence-electron chi connectivity index (χ4n) is 5.53. The second-order valence-electron chi connectivity index (χ2n) is 9.25. The van der Waals surface area contributed by atoms with Crippen molar-refractivity contribution < 1.29 is 0 Å². The minimum absolute atomic E-state index is 0.183. The molecule has 3 heteroatoms. The molecule has 0 radical (unpaired) electrons. The first-order valence-corrected chi connectivity index (χ1v) is 10.00. The van der Waals surface area contributed by atoms with Gasteiger partial charge in [0, 0.05) is 29.3 Å². The lowest BCUT2D eigenvalue weighted by Crippen LogP contribution is -2.58. The molecule has 1 aromatic heterocycles. The zero-order valence-electron chi connectivity index (χ0n) is 14.3. The van der Waals surface area contributed by atoms with Crippen molar-refractivity contribution >= 4 is 11.3 Å². The number of thiazole rings is 1. The van der Waals surface area contributed by atoms with Crippen LogP contribution in [0.2, 0.25) is 0 Å². The van der Waals surface area contributed by atoms with E-state index in [4.69, 9.17) is 4.98 Å². The predicted molar refractivity (Wildman–Crippen MR) is 93.4 cm³/mol. The number of rotatable bonds is 4. The van der Waals surface area contributed by atoms with Crippen LogP contribution in [0.4, 0.5) is 0 Å². The number of aromatic nitrogens is 1. The van der Waals surface area contributed by atoms with Gasteiger partial charge in [0.15, 0.2) is 0 Å². The summed E-state index contributed by atoms with van der Waals surface area (Å²) in [5.74, 6) is 3.10. The lowest BCUT2D eigenvalue weighted by atomic mass is 9.53. The van der Waals surface area contributed by atoms with Crippen LogP contribution in [-0.2, 0) is 11.8 Å². The molecule has 4 aliphatic carbocycles. The van der Waals surface area contributed by atoms with Gasteiger partial charge in [-0.1, -0.05) is 20.8 Å². The summed E-state index contributed by atoms with van der Waals surface area (Å²) in [6, 6.07) is 0.